The molecule has 0 aliphatic rings. The van der Waals surface area contributed by atoms with E-state index in [1.807, 2.05) is 5.32 Å². The fraction of sp³-hybridized carbons (Fsp3) is 0.625. The van der Waals surface area contributed by atoms with Gasteiger partial charge in [0, 0.05) is 6.04 Å². The van der Waals surface area contributed by atoms with Crippen molar-refractivity contribution in [2.45, 2.75) is 19.9 Å². The number of imide groups is 1. The Bertz CT molecular complexity index is 265. The lowest BCUT2D eigenvalue weighted by Gasteiger charge is -2.23. The molecule has 7 heteroatoms. The quantitative estimate of drug-likeness (QED) is 0.545. The SMILES string of the molecule is CC(C)N(CC(=O)O)CC(=O)NC(N)=O. The van der Waals surface area contributed by atoms with Gasteiger partial charge in [-0.05, 0) is 13.8 Å². The standard InChI is InChI=1S/C8H15N3O4/c1-5(2)11(4-7(13)14)3-6(12)10-8(9)15/h5H,3-4H2,1-2H3,(H,13,14)(H3,9,10,12,15). The molecule has 0 unspecified atom stereocenters. The second-order valence-corrected chi connectivity index (χ2v) is 3.30. The lowest BCUT2D eigenvalue weighted by atomic mass is 10.3. The molecule has 0 aliphatic heterocycles. The maximum atomic E-state index is 11.1. The number of hydrogen-bond donors (Lipinski definition) is 3. The Labute approximate surface area is 87.2 Å². The van der Waals surface area contributed by atoms with Crippen LogP contribution >= 0.6 is 0 Å². The third-order valence-corrected chi connectivity index (χ3v) is 1.68. The number of rotatable bonds is 5. The summed E-state index contributed by atoms with van der Waals surface area (Å²) in [4.78, 5) is 33.3. The summed E-state index contributed by atoms with van der Waals surface area (Å²) in [5.41, 5.74) is 4.74. The molecule has 0 fully saturated rings. The summed E-state index contributed by atoms with van der Waals surface area (Å²) in [5, 5.41) is 10.4. The van der Waals surface area contributed by atoms with Crippen molar-refractivity contribution in [3.05, 3.63) is 0 Å². The van der Waals surface area contributed by atoms with Crippen LogP contribution in [0, 0.1) is 0 Å². The molecule has 15 heavy (non-hydrogen) atoms. The van der Waals surface area contributed by atoms with Gasteiger partial charge in [0.25, 0.3) is 0 Å². The van der Waals surface area contributed by atoms with Crippen molar-refractivity contribution in [3.8, 4) is 0 Å². The van der Waals surface area contributed by atoms with Crippen molar-refractivity contribution in [2.75, 3.05) is 13.1 Å². The van der Waals surface area contributed by atoms with Crippen LogP contribution in [0.5, 0.6) is 0 Å². The number of carbonyl (C=O) groups is 3. The van der Waals surface area contributed by atoms with Crippen LogP contribution in [0.25, 0.3) is 0 Å². The van der Waals surface area contributed by atoms with Crippen molar-refractivity contribution in [2.24, 2.45) is 5.73 Å². The first kappa shape index (κ1) is 13.4. The van der Waals surface area contributed by atoms with Gasteiger partial charge >= 0.3 is 12.0 Å². The van der Waals surface area contributed by atoms with Crippen LogP contribution in [0.2, 0.25) is 0 Å². The van der Waals surface area contributed by atoms with Crippen LogP contribution in [0.4, 0.5) is 4.79 Å². The molecule has 3 amide bonds. The number of amides is 3. The molecule has 0 bridgehead atoms. The molecular weight excluding hydrogens is 202 g/mol. The maximum Gasteiger partial charge on any atom is 0.318 e. The van der Waals surface area contributed by atoms with E-state index in [2.05, 4.69) is 0 Å². The predicted molar refractivity (Wildman–Crippen MR) is 52.1 cm³/mol. The average molecular weight is 217 g/mol. The smallest absolute Gasteiger partial charge is 0.318 e. The number of urea groups is 1. The van der Waals surface area contributed by atoms with Gasteiger partial charge in [0.1, 0.15) is 0 Å². The van der Waals surface area contributed by atoms with Gasteiger partial charge in [0.15, 0.2) is 0 Å². The fourth-order valence-corrected chi connectivity index (χ4v) is 0.956. The van der Waals surface area contributed by atoms with E-state index in [1.165, 1.54) is 4.90 Å². The Balaban J connectivity index is 4.22. The lowest BCUT2D eigenvalue weighted by Crippen LogP contribution is -2.46. The van der Waals surface area contributed by atoms with Gasteiger partial charge in [-0.15, -0.1) is 0 Å². The molecular formula is C8H15N3O4. The highest BCUT2D eigenvalue weighted by atomic mass is 16.4. The number of carboxylic acid groups (broad SMARTS) is 1. The second kappa shape index (κ2) is 5.97. The summed E-state index contributed by atoms with van der Waals surface area (Å²) in [5.74, 6) is -1.65. The minimum atomic E-state index is -1.03. The van der Waals surface area contributed by atoms with Crippen LogP contribution in [0.3, 0.4) is 0 Å². The molecule has 0 atom stereocenters. The first-order valence-corrected chi connectivity index (χ1v) is 4.38. The molecule has 0 radical (unpaired) electrons. The number of carbonyl (C=O) groups excluding carboxylic acids is 2. The van der Waals surface area contributed by atoms with Crippen molar-refractivity contribution in [3.63, 3.8) is 0 Å². The van der Waals surface area contributed by atoms with Crippen LogP contribution in [0.15, 0.2) is 0 Å². The zero-order valence-corrected chi connectivity index (χ0v) is 8.69. The van der Waals surface area contributed by atoms with E-state index in [-0.39, 0.29) is 19.1 Å². The number of hydrogen-bond acceptors (Lipinski definition) is 4. The van der Waals surface area contributed by atoms with Gasteiger partial charge in [-0.3, -0.25) is 19.8 Å². The van der Waals surface area contributed by atoms with Gasteiger partial charge < -0.3 is 10.8 Å². The van der Waals surface area contributed by atoms with Crippen LogP contribution < -0.4 is 11.1 Å². The van der Waals surface area contributed by atoms with E-state index in [4.69, 9.17) is 10.8 Å². The van der Waals surface area contributed by atoms with Gasteiger partial charge in [0.2, 0.25) is 5.91 Å². The van der Waals surface area contributed by atoms with Crippen LogP contribution in [0.1, 0.15) is 13.8 Å². The lowest BCUT2D eigenvalue weighted by molar-refractivity contribution is -0.139. The van der Waals surface area contributed by atoms with Crippen LogP contribution in [-0.2, 0) is 9.59 Å². The first-order valence-electron chi connectivity index (χ1n) is 4.38. The summed E-state index contributed by atoms with van der Waals surface area (Å²) in [7, 11) is 0. The zero-order valence-electron chi connectivity index (χ0n) is 8.69. The monoisotopic (exact) mass is 217 g/mol. The molecule has 0 spiro atoms. The molecule has 0 saturated carbocycles. The van der Waals surface area contributed by atoms with E-state index in [1.54, 1.807) is 13.8 Å². The normalized spacial score (nSPS) is 10.4. The number of nitrogens with one attached hydrogen (secondary N) is 1. The highest BCUT2D eigenvalue weighted by Gasteiger charge is 2.17. The predicted octanol–water partition coefficient (Wildman–Crippen LogP) is -1.02. The summed E-state index contributed by atoms with van der Waals surface area (Å²) in [6.07, 6.45) is 0. The van der Waals surface area contributed by atoms with Crippen molar-refractivity contribution in [1.29, 1.82) is 0 Å². The molecule has 0 heterocycles. The molecule has 0 saturated heterocycles. The molecule has 0 aromatic carbocycles. The molecule has 0 aromatic rings. The number of carboxylic acids is 1. The Morgan fingerprint density at radius 1 is 1.33 bits per heavy atom. The van der Waals surface area contributed by atoms with E-state index in [0.29, 0.717) is 0 Å². The van der Waals surface area contributed by atoms with Gasteiger partial charge in [0.05, 0.1) is 13.1 Å². The summed E-state index contributed by atoms with van der Waals surface area (Å²) in [6.45, 7) is 3.07. The fourth-order valence-electron chi connectivity index (χ4n) is 0.956. The number of nitrogens with zero attached hydrogens (tertiary/aromatic N) is 1. The van der Waals surface area contributed by atoms with Crippen LogP contribution in [-0.4, -0.2) is 47.0 Å². The van der Waals surface area contributed by atoms with Crippen molar-refractivity contribution >= 4 is 17.9 Å². The van der Waals surface area contributed by atoms with E-state index < -0.39 is 17.9 Å². The van der Waals surface area contributed by atoms with E-state index in [9.17, 15) is 14.4 Å². The topological polar surface area (TPSA) is 113 Å². The highest BCUT2D eigenvalue weighted by Crippen LogP contribution is 1.96. The summed E-state index contributed by atoms with van der Waals surface area (Å²) in [6, 6.07) is -1.06. The Morgan fingerprint density at radius 2 is 1.87 bits per heavy atom. The minimum Gasteiger partial charge on any atom is -0.480 e. The second-order valence-electron chi connectivity index (χ2n) is 3.30. The van der Waals surface area contributed by atoms with E-state index >= 15 is 0 Å². The minimum absolute atomic E-state index is 0.111. The molecule has 7 nitrogen and oxygen atoms in total. The number of aliphatic carboxylic acids is 1. The third kappa shape index (κ3) is 6.44. The average Bonchev–Trinajstić information content (AvgIpc) is 1.99. The molecule has 0 aliphatic carbocycles. The molecule has 4 N–H and O–H groups in total. The van der Waals surface area contributed by atoms with E-state index in [0.717, 1.165) is 0 Å². The Morgan fingerprint density at radius 3 is 2.20 bits per heavy atom. The number of nitrogens with two attached hydrogens (primary N) is 1. The van der Waals surface area contributed by atoms with Crippen molar-refractivity contribution < 1.29 is 19.5 Å². The molecule has 0 rings (SSSR count). The third-order valence-electron chi connectivity index (χ3n) is 1.68. The highest BCUT2D eigenvalue weighted by molar-refractivity contribution is 5.94. The summed E-state index contributed by atoms with van der Waals surface area (Å²) < 4.78 is 0. The molecule has 86 valence electrons. The Kier molecular flexibility index (Phi) is 5.32. The van der Waals surface area contributed by atoms with Gasteiger partial charge in [-0.25, -0.2) is 4.79 Å². The van der Waals surface area contributed by atoms with Gasteiger partial charge in [-0.1, -0.05) is 0 Å². The zero-order chi connectivity index (χ0) is 12.0. The van der Waals surface area contributed by atoms with Gasteiger partial charge in [-0.2, -0.15) is 0 Å². The summed E-state index contributed by atoms with van der Waals surface area (Å²) >= 11 is 0. The van der Waals surface area contributed by atoms with Crippen molar-refractivity contribution in [1.82, 2.24) is 10.2 Å². The molecule has 0 aromatic heterocycles. The maximum absolute atomic E-state index is 11.1. The number of primary amides is 1. The first-order chi connectivity index (χ1) is 6.82. The largest absolute Gasteiger partial charge is 0.480 e. The Hall–Kier alpha value is -1.63.